The lowest BCUT2D eigenvalue weighted by atomic mass is 9.99. The summed E-state index contributed by atoms with van der Waals surface area (Å²) in [6.07, 6.45) is 13.0. The number of amides is 7. The van der Waals surface area contributed by atoms with Crippen molar-refractivity contribution in [1.29, 1.82) is 0 Å². The van der Waals surface area contributed by atoms with Crippen LogP contribution in [0.4, 0.5) is 0 Å². The number of rotatable bonds is 39. The molecule has 0 aromatic heterocycles. The van der Waals surface area contributed by atoms with Crippen LogP contribution in [0.2, 0.25) is 0 Å². The van der Waals surface area contributed by atoms with Gasteiger partial charge in [0.25, 0.3) is 0 Å². The number of carbonyl (C=O) groups excluding carboxylic acids is 7. The van der Waals surface area contributed by atoms with Crippen molar-refractivity contribution in [1.82, 2.24) is 36.8 Å². The third-order valence-electron chi connectivity index (χ3n) is 9.78. The van der Waals surface area contributed by atoms with Gasteiger partial charge in [-0.1, -0.05) is 45.4 Å². The molecular weight excluding hydrogens is 845 g/mol. The molecule has 0 bridgehead atoms. The summed E-state index contributed by atoms with van der Waals surface area (Å²) in [7, 11) is 0. The van der Waals surface area contributed by atoms with Gasteiger partial charge < -0.3 is 42.5 Å². The van der Waals surface area contributed by atoms with Crippen LogP contribution in [0.3, 0.4) is 0 Å². The molecule has 0 radical (unpaired) electrons. The molecule has 0 aliphatic heterocycles. The summed E-state index contributed by atoms with van der Waals surface area (Å²) in [5.41, 5.74) is 5.64. The van der Waals surface area contributed by atoms with Gasteiger partial charge in [-0.15, -0.1) is 0 Å². The second-order valence-corrected chi connectivity index (χ2v) is 16.7. The zero-order valence-electron chi connectivity index (χ0n) is 36.1. The molecule has 0 aliphatic rings. The Morgan fingerprint density at radius 2 is 0.950 bits per heavy atom. The smallest absolute Gasteiger partial charge is 0.242 e. The molecular formula is C41H78N8O7S4. The first-order valence-electron chi connectivity index (χ1n) is 22.1. The van der Waals surface area contributed by atoms with Crippen LogP contribution in [0.25, 0.3) is 0 Å². The van der Waals surface area contributed by atoms with E-state index < -0.39 is 12.1 Å². The van der Waals surface area contributed by atoms with Gasteiger partial charge in [-0.25, -0.2) is 0 Å². The number of carbonyl (C=O) groups is 7. The second kappa shape index (κ2) is 39.5. The monoisotopic (exact) mass is 922 g/mol. The van der Waals surface area contributed by atoms with Gasteiger partial charge in [0.2, 0.25) is 41.4 Å². The molecule has 0 aromatic carbocycles. The van der Waals surface area contributed by atoms with Crippen LogP contribution in [-0.4, -0.2) is 127 Å². The molecule has 0 saturated carbocycles. The summed E-state index contributed by atoms with van der Waals surface area (Å²) in [5, 5.41) is 17.3. The third-order valence-corrected chi connectivity index (χ3v) is 10.7. The minimum Gasteiger partial charge on any atom is -0.356 e. The molecule has 1 unspecified atom stereocenters. The van der Waals surface area contributed by atoms with E-state index in [1.165, 1.54) is 6.42 Å². The third kappa shape index (κ3) is 31.5. The number of nitrogens with two attached hydrogens (primary N) is 1. The zero-order valence-corrected chi connectivity index (χ0v) is 39.7. The van der Waals surface area contributed by atoms with Crippen LogP contribution in [0.5, 0.6) is 0 Å². The minimum atomic E-state index is -0.811. The van der Waals surface area contributed by atoms with Gasteiger partial charge in [-0.05, 0) is 87.3 Å². The number of hydrogen-bond donors (Lipinski definition) is 11. The maximum atomic E-state index is 13.5. The molecule has 7 amide bonds. The van der Waals surface area contributed by atoms with E-state index in [9.17, 15) is 33.6 Å². The lowest BCUT2D eigenvalue weighted by Gasteiger charge is -2.25. The first-order valence-corrected chi connectivity index (χ1v) is 24.6. The Hall–Kier alpha value is -2.35. The molecule has 8 N–H and O–H groups in total. The van der Waals surface area contributed by atoms with Crippen molar-refractivity contribution >= 4 is 91.9 Å². The average Bonchev–Trinajstić information content (AvgIpc) is 3.20. The Labute approximate surface area is 381 Å². The molecule has 19 heteroatoms. The quantitative estimate of drug-likeness (QED) is 0.0324. The van der Waals surface area contributed by atoms with E-state index in [0.717, 1.165) is 44.9 Å². The van der Waals surface area contributed by atoms with Gasteiger partial charge in [-0.2, -0.15) is 50.5 Å². The molecule has 0 rings (SSSR count). The van der Waals surface area contributed by atoms with E-state index in [0.29, 0.717) is 93.9 Å². The molecule has 348 valence electrons. The van der Waals surface area contributed by atoms with Crippen LogP contribution < -0.4 is 37.6 Å². The summed E-state index contributed by atoms with van der Waals surface area (Å²) in [5.74, 6) is -0.0496. The molecule has 60 heavy (non-hydrogen) atoms. The Balaban J connectivity index is 5.59. The predicted octanol–water partition coefficient (Wildman–Crippen LogP) is 3.12. The molecule has 15 nitrogen and oxygen atoms in total. The van der Waals surface area contributed by atoms with Gasteiger partial charge in [-0.3, -0.25) is 33.6 Å². The predicted molar refractivity (Wildman–Crippen MR) is 254 cm³/mol. The fraction of sp³-hybridized carbons (Fsp3) is 0.829. The van der Waals surface area contributed by atoms with Crippen molar-refractivity contribution < 1.29 is 33.6 Å². The van der Waals surface area contributed by atoms with Crippen molar-refractivity contribution in [3.05, 3.63) is 0 Å². The van der Waals surface area contributed by atoms with Crippen LogP contribution in [0.15, 0.2) is 0 Å². The molecule has 0 aromatic rings. The van der Waals surface area contributed by atoms with Gasteiger partial charge in [0, 0.05) is 70.9 Å². The summed E-state index contributed by atoms with van der Waals surface area (Å²) in [6, 6.07) is -1.65. The zero-order chi connectivity index (χ0) is 44.8. The lowest BCUT2D eigenvalue weighted by molar-refractivity contribution is -0.132. The summed E-state index contributed by atoms with van der Waals surface area (Å²) in [4.78, 5) is 91.0. The number of thiol groups is 4. The minimum absolute atomic E-state index is 0.0392. The number of nitrogens with one attached hydrogen (secondary N) is 6. The van der Waals surface area contributed by atoms with E-state index in [2.05, 4.69) is 89.3 Å². The lowest BCUT2D eigenvalue weighted by Crippen LogP contribution is -2.50. The molecule has 0 spiro atoms. The summed E-state index contributed by atoms with van der Waals surface area (Å²) >= 11 is 16.5. The van der Waals surface area contributed by atoms with E-state index >= 15 is 0 Å². The van der Waals surface area contributed by atoms with Gasteiger partial charge in [0.15, 0.2) is 0 Å². The van der Waals surface area contributed by atoms with E-state index in [1.807, 2.05) is 0 Å². The summed E-state index contributed by atoms with van der Waals surface area (Å²) < 4.78 is 0. The van der Waals surface area contributed by atoms with Crippen LogP contribution in [-0.2, 0) is 33.6 Å². The van der Waals surface area contributed by atoms with Gasteiger partial charge in [0.1, 0.15) is 12.1 Å². The fourth-order valence-corrected chi connectivity index (χ4v) is 7.22. The Morgan fingerprint density at radius 1 is 0.483 bits per heavy atom. The van der Waals surface area contributed by atoms with Crippen LogP contribution >= 0.6 is 50.5 Å². The van der Waals surface area contributed by atoms with Crippen LogP contribution in [0, 0.1) is 0 Å². The van der Waals surface area contributed by atoms with E-state index in [4.69, 9.17) is 5.73 Å². The molecule has 0 aliphatic carbocycles. The standard InChI is InChI=1S/C41H78N8O7S4/c1-2-3-4-5-7-13-32(46-36(51)19-29-58)14-12-16-34(48-38(53)21-31-60)41(56)45-25-27-49(39(54)17-8-6-10-22-42)26-24-44-40(55)33(47-37(52)20-30-59)15-9-11-23-43-35(50)18-28-57/h32-34,57-60H,2-31,42H2,1H3,(H,43,50)(H,44,55)(H,45,56)(H,46,51)(H,47,52)(H,48,53)/t32?,33-,34-/m0/s1. The Bertz CT molecular complexity index is 1220. The topological polar surface area (TPSA) is 221 Å². The maximum Gasteiger partial charge on any atom is 0.242 e. The van der Waals surface area contributed by atoms with Crippen molar-refractivity contribution in [2.45, 2.75) is 153 Å². The van der Waals surface area contributed by atoms with Crippen molar-refractivity contribution in [3.63, 3.8) is 0 Å². The van der Waals surface area contributed by atoms with E-state index in [1.54, 1.807) is 4.90 Å². The molecule has 3 atom stereocenters. The Kier molecular flexibility index (Phi) is 37.9. The summed E-state index contributed by atoms with van der Waals surface area (Å²) in [6.45, 7) is 3.73. The number of unbranched alkanes of at least 4 members (excludes halogenated alkanes) is 7. The highest BCUT2D eigenvalue weighted by molar-refractivity contribution is 7.80. The van der Waals surface area contributed by atoms with Gasteiger partial charge >= 0.3 is 0 Å². The first kappa shape index (κ1) is 57.6. The van der Waals surface area contributed by atoms with Crippen molar-refractivity contribution in [2.75, 3.05) is 62.3 Å². The van der Waals surface area contributed by atoms with E-state index in [-0.39, 0.29) is 92.8 Å². The van der Waals surface area contributed by atoms with Crippen molar-refractivity contribution in [3.8, 4) is 0 Å². The molecule has 0 heterocycles. The highest BCUT2D eigenvalue weighted by Gasteiger charge is 2.24. The average molecular weight is 923 g/mol. The SMILES string of the molecule is CCCCCCCC(CCC[C@H](NC(=O)CCS)C(=O)NCCN(CCNC(=O)[C@H](CCCCNC(=O)CCS)NC(=O)CCS)C(=O)CCCCCN)NC(=O)CCS. The maximum absolute atomic E-state index is 13.5. The first-order chi connectivity index (χ1) is 28.9. The molecule has 0 saturated heterocycles. The fourth-order valence-electron chi connectivity index (χ4n) is 6.41. The van der Waals surface area contributed by atoms with Crippen LogP contribution in [0.1, 0.15) is 135 Å². The van der Waals surface area contributed by atoms with Crippen molar-refractivity contribution in [2.24, 2.45) is 5.73 Å². The number of hydrogen-bond acceptors (Lipinski definition) is 12. The second-order valence-electron chi connectivity index (χ2n) is 14.9. The van der Waals surface area contributed by atoms with Gasteiger partial charge in [0.05, 0.1) is 0 Å². The normalized spacial score (nSPS) is 12.4. The highest BCUT2D eigenvalue weighted by Crippen LogP contribution is 2.14. The molecule has 0 fully saturated rings. The number of nitrogens with zero attached hydrogens (tertiary/aromatic N) is 1. The largest absolute Gasteiger partial charge is 0.356 e. The highest BCUT2D eigenvalue weighted by atomic mass is 32.1. The Morgan fingerprint density at radius 3 is 1.48 bits per heavy atom.